The molecule has 0 aliphatic carbocycles. The Labute approximate surface area is 138 Å². The quantitative estimate of drug-likeness (QED) is 0.613. The molecule has 5 N–H and O–H groups in total. The number of rotatable bonds is 10. The standard InChI is InChI=1S/C18H29N3O2/c1-13-9-11-15(12-10-13)6-4-8-17(22)21-14(2)5-3-7-16(19)18(20)23/h9-12,14,16H,3-8,19H2,1-2H3,(H2,20,23)(H,21,22). The lowest BCUT2D eigenvalue weighted by Crippen LogP contribution is -2.37. The molecule has 2 unspecified atom stereocenters. The van der Waals surface area contributed by atoms with E-state index in [0.717, 1.165) is 25.7 Å². The molecule has 5 nitrogen and oxygen atoms in total. The molecule has 1 aromatic carbocycles. The zero-order valence-corrected chi connectivity index (χ0v) is 14.2. The van der Waals surface area contributed by atoms with Gasteiger partial charge in [0, 0.05) is 12.5 Å². The molecular formula is C18H29N3O2. The lowest BCUT2D eigenvalue weighted by atomic mass is 10.1. The van der Waals surface area contributed by atoms with Crippen LogP contribution >= 0.6 is 0 Å². The highest BCUT2D eigenvalue weighted by Crippen LogP contribution is 2.08. The van der Waals surface area contributed by atoms with Crippen molar-refractivity contribution in [1.29, 1.82) is 0 Å². The maximum atomic E-state index is 11.9. The van der Waals surface area contributed by atoms with Gasteiger partial charge in [-0.1, -0.05) is 29.8 Å². The summed E-state index contributed by atoms with van der Waals surface area (Å²) in [6.45, 7) is 4.03. The molecule has 0 bridgehead atoms. The number of carbonyl (C=O) groups is 2. The van der Waals surface area contributed by atoms with Crippen molar-refractivity contribution in [1.82, 2.24) is 5.32 Å². The molecule has 0 fully saturated rings. The minimum atomic E-state index is -0.590. The normalized spacial score (nSPS) is 13.3. The Morgan fingerprint density at radius 3 is 2.39 bits per heavy atom. The smallest absolute Gasteiger partial charge is 0.234 e. The third kappa shape index (κ3) is 8.35. The van der Waals surface area contributed by atoms with Gasteiger partial charge in [-0.25, -0.2) is 0 Å². The van der Waals surface area contributed by atoms with Crippen molar-refractivity contribution in [2.75, 3.05) is 0 Å². The van der Waals surface area contributed by atoms with Crippen LogP contribution in [-0.4, -0.2) is 23.9 Å². The van der Waals surface area contributed by atoms with Gasteiger partial charge in [-0.15, -0.1) is 0 Å². The molecule has 23 heavy (non-hydrogen) atoms. The van der Waals surface area contributed by atoms with Gasteiger partial charge in [-0.2, -0.15) is 0 Å². The van der Waals surface area contributed by atoms with Crippen LogP contribution in [0.2, 0.25) is 0 Å². The average Bonchev–Trinajstić information content (AvgIpc) is 2.49. The number of aryl methyl sites for hydroxylation is 2. The topological polar surface area (TPSA) is 98.2 Å². The van der Waals surface area contributed by atoms with Crippen molar-refractivity contribution in [3.63, 3.8) is 0 Å². The van der Waals surface area contributed by atoms with Crippen LogP contribution < -0.4 is 16.8 Å². The first-order chi connectivity index (χ1) is 10.9. The summed E-state index contributed by atoms with van der Waals surface area (Å²) in [5.74, 6) is -0.401. The van der Waals surface area contributed by atoms with Gasteiger partial charge in [-0.05, 0) is 51.5 Å². The molecular weight excluding hydrogens is 290 g/mol. The van der Waals surface area contributed by atoms with E-state index in [1.807, 2.05) is 6.92 Å². The van der Waals surface area contributed by atoms with E-state index < -0.39 is 11.9 Å². The Morgan fingerprint density at radius 1 is 1.13 bits per heavy atom. The maximum Gasteiger partial charge on any atom is 0.234 e. The first-order valence-corrected chi connectivity index (χ1v) is 8.28. The first kappa shape index (κ1) is 19.2. The SMILES string of the molecule is Cc1ccc(CCCC(=O)NC(C)CCCC(N)C(N)=O)cc1. The van der Waals surface area contributed by atoms with Gasteiger partial charge in [-0.3, -0.25) is 9.59 Å². The van der Waals surface area contributed by atoms with E-state index in [2.05, 4.69) is 36.5 Å². The molecule has 1 aromatic rings. The highest BCUT2D eigenvalue weighted by atomic mass is 16.2. The van der Waals surface area contributed by atoms with E-state index in [1.165, 1.54) is 11.1 Å². The van der Waals surface area contributed by atoms with Crippen LogP contribution in [0.15, 0.2) is 24.3 Å². The van der Waals surface area contributed by atoms with Crippen LogP contribution in [0, 0.1) is 6.92 Å². The number of nitrogens with one attached hydrogen (secondary N) is 1. The second kappa shape index (κ2) is 10.0. The molecule has 2 amide bonds. The highest BCUT2D eigenvalue weighted by molar-refractivity contribution is 5.79. The van der Waals surface area contributed by atoms with Crippen LogP contribution in [0.25, 0.3) is 0 Å². The van der Waals surface area contributed by atoms with Crippen LogP contribution in [0.4, 0.5) is 0 Å². The summed E-state index contributed by atoms with van der Waals surface area (Å²) in [5.41, 5.74) is 13.2. The number of primary amides is 1. The van der Waals surface area contributed by atoms with Gasteiger partial charge < -0.3 is 16.8 Å². The number of hydrogen-bond acceptors (Lipinski definition) is 3. The summed E-state index contributed by atoms with van der Waals surface area (Å²) in [4.78, 5) is 22.7. The van der Waals surface area contributed by atoms with Crippen LogP contribution in [-0.2, 0) is 16.0 Å². The molecule has 0 aliphatic heterocycles. The van der Waals surface area contributed by atoms with E-state index in [1.54, 1.807) is 0 Å². The fourth-order valence-electron chi connectivity index (χ4n) is 2.41. The monoisotopic (exact) mass is 319 g/mol. The minimum Gasteiger partial charge on any atom is -0.368 e. The largest absolute Gasteiger partial charge is 0.368 e. The zero-order chi connectivity index (χ0) is 17.2. The van der Waals surface area contributed by atoms with E-state index in [-0.39, 0.29) is 11.9 Å². The fourth-order valence-corrected chi connectivity index (χ4v) is 2.41. The number of amides is 2. The molecule has 0 radical (unpaired) electrons. The number of benzene rings is 1. The Hall–Kier alpha value is -1.88. The molecule has 0 saturated heterocycles. The molecule has 0 spiro atoms. The van der Waals surface area contributed by atoms with Crippen LogP contribution in [0.5, 0.6) is 0 Å². The summed E-state index contributed by atoms with van der Waals surface area (Å²) in [7, 11) is 0. The summed E-state index contributed by atoms with van der Waals surface area (Å²) in [5, 5.41) is 2.98. The van der Waals surface area contributed by atoms with Gasteiger partial charge >= 0.3 is 0 Å². The van der Waals surface area contributed by atoms with Crippen LogP contribution in [0.1, 0.15) is 50.2 Å². The van der Waals surface area contributed by atoms with Crippen molar-refractivity contribution in [3.05, 3.63) is 35.4 Å². The maximum absolute atomic E-state index is 11.9. The van der Waals surface area contributed by atoms with E-state index >= 15 is 0 Å². The predicted octanol–water partition coefficient (Wildman–Crippen LogP) is 1.81. The lowest BCUT2D eigenvalue weighted by Gasteiger charge is -2.15. The highest BCUT2D eigenvalue weighted by Gasteiger charge is 2.11. The third-order valence-electron chi connectivity index (χ3n) is 3.91. The molecule has 0 heterocycles. The molecule has 2 atom stereocenters. The van der Waals surface area contributed by atoms with Gasteiger partial charge in [0.2, 0.25) is 11.8 Å². The molecule has 0 aliphatic rings. The second-order valence-corrected chi connectivity index (χ2v) is 6.25. The van der Waals surface area contributed by atoms with Crippen LogP contribution in [0.3, 0.4) is 0 Å². The summed E-state index contributed by atoms with van der Waals surface area (Å²) < 4.78 is 0. The van der Waals surface area contributed by atoms with E-state index in [0.29, 0.717) is 12.8 Å². The van der Waals surface area contributed by atoms with Gasteiger partial charge in [0.05, 0.1) is 6.04 Å². The zero-order valence-electron chi connectivity index (χ0n) is 14.2. The number of nitrogens with two attached hydrogens (primary N) is 2. The minimum absolute atomic E-state index is 0.0730. The fraction of sp³-hybridized carbons (Fsp3) is 0.556. The number of hydrogen-bond donors (Lipinski definition) is 3. The van der Waals surface area contributed by atoms with Crippen molar-refractivity contribution in [3.8, 4) is 0 Å². The summed E-state index contributed by atoms with van der Waals surface area (Å²) in [6.07, 6.45) is 4.41. The molecule has 0 aromatic heterocycles. The predicted molar refractivity (Wildman–Crippen MR) is 92.7 cm³/mol. The van der Waals surface area contributed by atoms with E-state index in [9.17, 15) is 9.59 Å². The van der Waals surface area contributed by atoms with Gasteiger partial charge in [0.15, 0.2) is 0 Å². The Bertz CT molecular complexity index is 499. The Morgan fingerprint density at radius 2 is 1.78 bits per heavy atom. The summed E-state index contributed by atoms with van der Waals surface area (Å²) in [6, 6.07) is 7.90. The van der Waals surface area contributed by atoms with Gasteiger partial charge in [0.1, 0.15) is 0 Å². The van der Waals surface area contributed by atoms with Crippen molar-refractivity contribution < 1.29 is 9.59 Å². The first-order valence-electron chi connectivity index (χ1n) is 8.28. The van der Waals surface area contributed by atoms with Crippen molar-refractivity contribution >= 4 is 11.8 Å². The van der Waals surface area contributed by atoms with Crippen molar-refractivity contribution in [2.24, 2.45) is 11.5 Å². The van der Waals surface area contributed by atoms with Gasteiger partial charge in [0.25, 0.3) is 0 Å². The molecule has 1 rings (SSSR count). The molecule has 5 heteroatoms. The van der Waals surface area contributed by atoms with E-state index in [4.69, 9.17) is 11.5 Å². The number of carbonyl (C=O) groups excluding carboxylic acids is 2. The third-order valence-corrected chi connectivity index (χ3v) is 3.91. The molecule has 0 saturated carbocycles. The average molecular weight is 319 g/mol. The summed E-state index contributed by atoms with van der Waals surface area (Å²) >= 11 is 0. The van der Waals surface area contributed by atoms with Crippen molar-refractivity contribution in [2.45, 2.75) is 64.5 Å². The Kier molecular flexibility index (Phi) is 8.33. The Balaban J connectivity index is 2.15. The lowest BCUT2D eigenvalue weighted by molar-refractivity contribution is -0.122. The molecule has 128 valence electrons. The second-order valence-electron chi connectivity index (χ2n) is 6.25.